The van der Waals surface area contributed by atoms with Gasteiger partial charge in [0.2, 0.25) is 0 Å². The van der Waals surface area contributed by atoms with Crippen LogP contribution >= 0.6 is 15.9 Å². The Morgan fingerprint density at radius 2 is 1.74 bits per heavy atom. The molecule has 19 heavy (non-hydrogen) atoms. The molecule has 0 aliphatic heterocycles. The summed E-state index contributed by atoms with van der Waals surface area (Å²) in [7, 11) is -3.60. The largest absolute Gasteiger partial charge is 0.398 e. The number of sulfonamides is 1. The minimum atomic E-state index is -3.60. The molecule has 6 heteroatoms. The molecule has 0 aliphatic rings. The molecular weight excluding hydrogens is 328 g/mol. The fourth-order valence-electron chi connectivity index (χ4n) is 1.51. The highest BCUT2D eigenvalue weighted by Crippen LogP contribution is 2.24. The monoisotopic (exact) mass is 340 g/mol. The lowest BCUT2D eigenvalue weighted by atomic mass is 10.2. The van der Waals surface area contributed by atoms with Crippen LogP contribution in [0.15, 0.2) is 51.8 Å². The minimum absolute atomic E-state index is 0.161. The predicted octanol–water partition coefficient (Wildman–Crippen LogP) is 3.14. The number of anilines is 2. The van der Waals surface area contributed by atoms with Crippen molar-refractivity contribution in [2.75, 3.05) is 10.5 Å². The van der Waals surface area contributed by atoms with E-state index in [0.717, 1.165) is 5.56 Å². The van der Waals surface area contributed by atoms with Crippen molar-refractivity contribution in [1.29, 1.82) is 0 Å². The van der Waals surface area contributed by atoms with Gasteiger partial charge in [-0.2, -0.15) is 0 Å². The summed E-state index contributed by atoms with van der Waals surface area (Å²) in [6, 6.07) is 11.6. The van der Waals surface area contributed by atoms with E-state index in [9.17, 15) is 8.42 Å². The second-order valence-electron chi connectivity index (χ2n) is 4.15. The molecule has 0 aliphatic carbocycles. The molecule has 0 unspecified atom stereocenters. The van der Waals surface area contributed by atoms with E-state index in [-0.39, 0.29) is 4.90 Å². The molecule has 0 atom stereocenters. The lowest BCUT2D eigenvalue weighted by Crippen LogP contribution is -2.13. The van der Waals surface area contributed by atoms with Gasteiger partial charge >= 0.3 is 0 Å². The van der Waals surface area contributed by atoms with Gasteiger partial charge in [-0.25, -0.2) is 8.42 Å². The summed E-state index contributed by atoms with van der Waals surface area (Å²) in [4.78, 5) is 0.161. The van der Waals surface area contributed by atoms with Gasteiger partial charge in [0.15, 0.2) is 0 Å². The number of nitrogens with two attached hydrogens (primary N) is 1. The number of hydrogen-bond acceptors (Lipinski definition) is 3. The third kappa shape index (κ3) is 3.27. The second-order valence-corrected chi connectivity index (χ2v) is 6.69. The molecule has 2 aromatic rings. The molecular formula is C13H13BrN2O2S. The Bertz CT molecular complexity index is 697. The summed E-state index contributed by atoms with van der Waals surface area (Å²) in [5.41, 5.74) is 7.73. The zero-order valence-electron chi connectivity index (χ0n) is 10.2. The van der Waals surface area contributed by atoms with Gasteiger partial charge in [-0.1, -0.05) is 17.7 Å². The van der Waals surface area contributed by atoms with Crippen LogP contribution in [0.2, 0.25) is 0 Å². The van der Waals surface area contributed by atoms with Crippen LogP contribution in [0.5, 0.6) is 0 Å². The molecule has 0 heterocycles. The van der Waals surface area contributed by atoms with E-state index in [0.29, 0.717) is 15.8 Å². The van der Waals surface area contributed by atoms with Crippen LogP contribution in [0.3, 0.4) is 0 Å². The average molecular weight is 341 g/mol. The first-order chi connectivity index (χ1) is 8.88. The molecule has 3 N–H and O–H groups in total. The molecule has 0 saturated heterocycles. The summed E-state index contributed by atoms with van der Waals surface area (Å²) >= 11 is 3.22. The third-order valence-corrected chi connectivity index (χ3v) is 4.65. The Morgan fingerprint density at radius 3 is 2.32 bits per heavy atom. The highest BCUT2D eigenvalue weighted by atomic mass is 79.9. The van der Waals surface area contributed by atoms with Crippen molar-refractivity contribution in [3.63, 3.8) is 0 Å². The fourth-order valence-corrected chi connectivity index (χ4v) is 3.13. The Morgan fingerprint density at radius 1 is 1.11 bits per heavy atom. The van der Waals surface area contributed by atoms with Gasteiger partial charge in [0, 0.05) is 15.8 Å². The molecule has 0 radical (unpaired) electrons. The van der Waals surface area contributed by atoms with Gasteiger partial charge in [-0.3, -0.25) is 4.72 Å². The Hall–Kier alpha value is -1.53. The van der Waals surface area contributed by atoms with Crippen LogP contribution in [0, 0.1) is 6.92 Å². The quantitative estimate of drug-likeness (QED) is 0.843. The zero-order valence-corrected chi connectivity index (χ0v) is 12.6. The van der Waals surface area contributed by atoms with Gasteiger partial charge in [0.1, 0.15) is 0 Å². The maximum absolute atomic E-state index is 12.2. The van der Waals surface area contributed by atoms with Crippen molar-refractivity contribution in [3.05, 3.63) is 52.5 Å². The summed E-state index contributed by atoms with van der Waals surface area (Å²) in [5.74, 6) is 0. The highest BCUT2D eigenvalue weighted by molar-refractivity contribution is 9.10. The average Bonchev–Trinajstić information content (AvgIpc) is 2.35. The third-order valence-electron chi connectivity index (χ3n) is 2.59. The van der Waals surface area contributed by atoms with E-state index in [4.69, 9.17) is 5.73 Å². The Labute approximate surface area is 120 Å². The number of hydrogen-bond donors (Lipinski definition) is 2. The molecule has 0 fully saturated rings. The second kappa shape index (κ2) is 5.22. The van der Waals surface area contributed by atoms with Crippen LogP contribution in [-0.2, 0) is 10.0 Å². The summed E-state index contributed by atoms with van der Waals surface area (Å²) < 4.78 is 27.4. The van der Waals surface area contributed by atoms with Crippen molar-refractivity contribution in [3.8, 4) is 0 Å². The SMILES string of the molecule is Cc1ccc(NS(=O)(=O)c2ccc(N)c(Br)c2)cc1. The van der Waals surface area contributed by atoms with Gasteiger partial charge in [0.25, 0.3) is 10.0 Å². The number of rotatable bonds is 3. The van der Waals surface area contributed by atoms with E-state index in [1.165, 1.54) is 12.1 Å². The molecule has 100 valence electrons. The number of aryl methyl sites for hydroxylation is 1. The van der Waals surface area contributed by atoms with Gasteiger partial charge in [-0.05, 0) is 53.2 Å². The lowest BCUT2D eigenvalue weighted by molar-refractivity contribution is 0.601. The highest BCUT2D eigenvalue weighted by Gasteiger charge is 2.15. The van der Waals surface area contributed by atoms with Crippen LogP contribution < -0.4 is 10.5 Å². The molecule has 0 saturated carbocycles. The molecule has 0 amide bonds. The lowest BCUT2D eigenvalue weighted by Gasteiger charge is -2.09. The van der Waals surface area contributed by atoms with E-state index >= 15 is 0 Å². The van der Waals surface area contributed by atoms with Crippen molar-refractivity contribution < 1.29 is 8.42 Å². The Kier molecular flexibility index (Phi) is 3.82. The van der Waals surface area contributed by atoms with E-state index < -0.39 is 10.0 Å². The summed E-state index contributed by atoms with van der Waals surface area (Å²) in [6.07, 6.45) is 0. The first kappa shape index (κ1) is 13.9. The van der Waals surface area contributed by atoms with Crippen LogP contribution in [-0.4, -0.2) is 8.42 Å². The first-order valence-corrected chi connectivity index (χ1v) is 7.80. The van der Waals surface area contributed by atoms with Crippen molar-refractivity contribution in [1.82, 2.24) is 0 Å². The molecule has 0 aromatic heterocycles. The van der Waals surface area contributed by atoms with Crippen molar-refractivity contribution >= 4 is 37.3 Å². The van der Waals surface area contributed by atoms with Crippen LogP contribution in [0.1, 0.15) is 5.56 Å². The van der Waals surface area contributed by atoms with Crippen LogP contribution in [0.25, 0.3) is 0 Å². The standard InChI is InChI=1S/C13H13BrN2O2S/c1-9-2-4-10(5-3-9)16-19(17,18)11-6-7-13(15)12(14)8-11/h2-8,16H,15H2,1H3. The fraction of sp³-hybridized carbons (Fsp3) is 0.0769. The van der Waals surface area contributed by atoms with Gasteiger partial charge < -0.3 is 5.73 Å². The van der Waals surface area contributed by atoms with Crippen molar-refractivity contribution in [2.24, 2.45) is 0 Å². The first-order valence-electron chi connectivity index (χ1n) is 5.53. The number of benzene rings is 2. The summed E-state index contributed by atoms with van der Waals surface area (Å²) in [5, 5.41) is 0. The molecule has 2 rings (SSSR count). The van der Waals surface area contributed by atoms with E-state index in [1.54, 1.807) is 18.2 Å². The number of nitrogen functional groups attached to an aromatic ring is 1. The minimum Gasteiger partial charge on any atom is -0.398 e. The summed E-state index contributed by atoms with van der Waals surface area (Å²) in [6.45, 7) is 1.94. The predicted molar refractivity (Wildman–Crippen MR) is 80.5 cm³/mol. The molecule has 0 bridgehead atoms. The van der Waals surface area contributed by atoms with E-state index in [1.807, 2.05) is 19.1 Å². The molecule has 0 spiro atoms. The smallest absolute Gasteiger partial charge is 0.261 e. The van der Waals surface area contributed by atoms with E-state index in [2.05, 4.69) is 20.7 Å². The maximum Gasteiger partial charge on any atom is 0.261 e. The number of halogens is 1. The normalized spacial score (nSPS) is 11.3. The zero-order chi connectivity index (χ0) is 14.0. The maximum atomic E-state index is 12.2. The molecule has 2 aromatic carbocycles. The van der Waals surface area contributed by atoms with Crippen molar-refractivity contribution in [2.45, 2.75) is 11.8 Å². The topological polar surface area (TPSA) is 72.2 Å². The number of nitrogens with one attached hydrogen (secondary N) is 1. The Balaban J connectivity index is 2.32. The molecule has 4 nitrogen and oxygen atoms in total. The van der Waals surface area contributed by atoms with Crippen LogP contribution in [0.4, 0.5) is 11.4 Å². The van der Waals surface area contributed by atoms with Gasteiger partial charge in [0.05, 0.1) is 4.90 Å². The van der Waals surface area contributed by atoms with Gasteiger partial charge in [-0.15, -0.1) is 0 Å².